The Labute approximate surface area is 66.2 Å². The van der Waals surface area contributed by atoms with Crippen LogP contribution in [0.25, 0.3) is 0 Å². The number of rotatable bonds is 0. The third-order valence-electron chi connectivity index (χ3n) is 2.35. The summed E-state index contributed by atoms with van der Waals surface area (Å²) in [6, 6.07) is 0. The van der Waals surface area contributed by atoms with Crippen LogP contribution in [0.5, 0.6) is 0 Å². The van der Waals surface area contributed by atoms with Crippen molar-refractivity contribution >= 4 is 5.78 Å². The topological polar surface area (TPSA) is 26.3 Å². The number of carbonyl (C=O) groups is 1. The van der Waals surface area contributed by atoms with Gasteiger partial charge in [0.1, 0.15) is 5.78 Å². The van der Waals surface area contributed by atoms with Crippen molar-refractivity contribution in [1.82, 2.24) is 0 Å². The lowest BCUT2D eigenvalue weighted by molar-refractivity contribution is -0.147. The van der Waals surface area contributed by atoms with Gasteiger partial charge in [-0.15, -0.1) is 0 Å². The van der Waals surface area contributed by atoms with E-state index in [0.717, 1.165) is 0 Å². The van der Waals surface area contributed by atoms with Gasteiger partial charge < -0.3 is 4.74 Å². The Morgan fingerprint density at radius 1 is 1.27 bits per heavy atom. The fraction of sp³-hybridized carbons (Fsp3) is 0.667. The summed E-state index contributed by atoms with van der Waals surface area (Å²) in [6.07, 6.45) is 5.11. The molecule has 2 nitrogen and oxygen atoms in total. The molecule has 0 radical (unpaired) electrons. The van der Waals surface area contributed by atoms with Gasteiger partial charge >= 0.3 is 0 Å². The highest BCUT2D eigenvalue weighted by Gasteiger charge is 2.45. The van der Waals surface area contributed by atoms with Gasteiger partial charge in [-0.1, -0.05) is 12.2 Å². The molecule has 0 spiro atoms. The van der Waals surface area contributed by atoms with Gasteiger partial charge in [-0.25, -0.2) is 0 Å². The molecule has 0 aromatic carbocycles. The van der Waals surface area contributed by atoms with Crippen molar-refractivity contribution in [3.05, 3.63) is 12.2 Å². The van der Waals surface area contributed by atoms with E-state index in [1.807, 2.05) is 26.0 Å². The van der Waals surface area contributed by atoms with Gasteiger partial charge in [-0.2, -0.15) is 0 Å². The molecule has 11 heavy (non-hydrogen) atoms. The van der Waals surface area contributed by atoms with Crippen LogP contribution in [-0.4, -0.2) is 17.0 Å². The zero-order valence-electron chi connectivity index (χ0n) is 6.89. The van der Waals surface area contributed by atoms with E-state index in [-0.39, 0.29) is 11.2 Å². The van der Waals surface area contributed by atoms with Crippen molar-refractivity contribution < 1.29 is 9.53 Å². The van der Waals surface area contributed by atoms with Gasteiger partial charge in [0.2, 0.25) is 0 Å². The second kappa shape index (κ2) is 1.75. The SMILES string of the molecule is CC12C=CC(C)(CC(=O)C1)O2. The number of hydrogen-bond acceptors (Lipinski definition) is 2. The monoisotopic (exact) mass is 152 g/mol. The predicted molar refractivity (Wildman–Crippen MR) is 41.3 cm³/mol. The van der Waals surface area contributed by atoms with E-state index in [0.29, 0.717) is 18.6 Å². The molecule has 2 bridgehead atoms. The fourth-order valence-electron chi connectivity index (χ4n) is 1.99. The molecular formula is C9H12O2. The second-order valence-corrected chi connectivity index (χ2v) is 3.95. The number of Topliss-reactive ketones (excluding diaryl/α,β-unsaturated/α-hetero) is 1. The molecule has 2 aliphatic heterocycles. The average molecular weight is 152 g/mol. The van der Waals surface area contributed by atoms with Crippen molar-refractivity contribution in [2.45, 2.75) is 37.9 Å². The largest absolute Gasteiger partial charge is 0.360 e. The van der Waals surface area contributed by atoms with E-state index in [1.54, 1.807) is 0 Å². The average Bonchev–Trinajstić information content (AvgIpc) is 2.01. The molecule has 1 fully saturated rings. The van der Waals surface area contributed by atoms with Gasteiger partial charge in [0.25, 0.3) is 0 Å². The highest BCUT2D eigenvalue weighted by Crippen LogP contribution is 2.40. The van der Waals surface area contributed by atoms with Crippen LogP contribution in [-0.2, 0) is 9.53 Å². The first-order chi connectivity index (χ1) is 5.02. The molecule has 2 aliphatic rings. The van der Waals surface area contributed by atoms with Crippen LogP contribution in [0.2, 0.25) is 0 Å². The van der Waals surface area contributed by atoms with Crippen molar-refractivity contribution in [1.29, 1.82) is 0 Å². The molecule has 0 aromatic rings. The summed E-state index contributed by atoms with van der Waals surface area (Å²) < 4.78 is 5.71. The molecule has 0 aromatic heterocycles. The van der Waals surface area contributed by atoms with Crippen LogP contribution in [0, 0.1) is 0 Å². The van der Waals surface area contributed by atoms with Crippen LogP contribution in [0.15, 0.2) is 12.2 Å². The van der Waals surface area contributed by atoms with E-state index >= 15 is 0 Å². The summed E-state index contributed by atoms with van der Waals surface area (Å²) in [6.45, 7) is 3.93. The number of carbonyl (C=O) groups excluding carboxylic acids is 1. The molecular weight excluding hydrogens is 140 g/mol. The summed E-state index contributed by atoms with van der Waals surface area (Å²) in [5.41, 5.74) is -0.603. The highest BCUT2D eigenvalue weighted by atomic mass is 16.5. The number of hydrogen-bond donors (Lipinski definition) is 0. The van der Waals surface area contributed by atoms with Gasteiger partial charge in [0, 0.05) is 12.8 Å². The van der Waals surface area contributed by atoms with Gasteiger partial charge in [-0.05, 0) is 13.8 Å². The Morgan fingerprint density at radius 2 is 1.73 bits per heavy atom. The van der Waals surface area contributed by atoms with Crippen LogP contribution in [0.4, 0.5) is 0 Å². The minimum absolute atomic E-state index is 0.302. The van der Waals surface area contributed by atoms with E-state index in [2.05, 4.69) is 0 Å². The first-order valence-corrected chi connectivity index (χ1v) is 3.94. The molecule has 60 valence electrons. The lowest BCUT2D eigenvalue weighted by Crippen LogP contribution is -2.41. The van der Waals surface area contributed by atoms with Crippen LogP contribution in [0.3, 0.4) is 0 Å². The summed E-state index contributed by atoms with van der Waals surface area (Å²) >= 11 is 0. The molecule has 0 N–H and O–H groups in total. The molecule has 0 aliphatic carbocycles. The Hall–Kier alpha value is -0.630. The molecule has 2 unspecified atom stereocenters. The second-order valence-electron chi connectivity index (χ2n) is 3.95. The molecule has 2 atom stereocenters. The zero-order chi connectivity index (χ0) is 8.11. The first-order valence-electron chi connectivity index (χ1n) is 3.94. The van der Waals surface area contributed by atoms with Crippen molar-refractivity contribution in [2.75, 3.05) is 0 Å². The van der Waals surface area contributed by atoms with E-state index in [9.17, 15) is 4.79 Å². The Morgan fingerprint density at radius 3 is 2.18 bits per heavy atom. The summed E-state index contributed by atoms with van der Waals surface area (Å²) in [4.78, 5) is 11.2. The Bertz CT molecular complexity index is 222. The minimum Gasteiger partial charge on any atom is -0.360 e. The minimum atomic E-state index is -0.302. The number of ether oxygens (including phenoxy) is 1. The summed E-state index contributed by atoms with van der Waals surface area (Å²) in [7, 11) is 0. The standard InChI is InChI=1S/C9H12O2/c1-8-3-4-9(2,11-8)6-7(10)5-8/h3-4H,5-6H2,1-2H3. The van der Waals surface area contributed by atoms with Gasteiger partial charge in [-0.3, -0.25) is 4.79 Å². The Kier molecular flexibility index (Phi) is 1.12. The molecule has 2 heteroatoms. The number of fused-ring (bicyclic) bond motifs is 2. The van der Waals surface area contributed by atoms with Crippen LogP contribution < -0.4 is 0 Å². The van der Waals surface area contributed by atoms with Gasteiger partial charge in [0.15, 0.2) is 0 Å². The zero-order valence-corrected chi connectivity index (χ0v) is 6.89. The molecule has 2 rings (SSSR count). The normalized spacial score (nSPS) is 48.4. The van der Waals surface area contributed by atoms with Crippen molar-refractivity contribution in [2.24, 2.45) is 0 Å². The molecule has 0 amide bonds. The number of ketones is 1. The predicted octanol–water partition coefficient (Wildman–Crippen LogP) is 1.45. The summed E-state index contributed by atoms with van der Waals surface area (Å²) in [5, 5.41) is 0. The summed E-state index contributed by atoms with van der Waals surface area (Å²) in [5.74, 6) is 0.311. The molecule has 1 saturated heterocycles. The van der Waals surface area contributed by atoms with E-state index in [4.69, 9.17) is 4.74 Å². The van der Waals surface area contributed by atoms with E-state index in [1.165, 1.54) is 0 Å². The first kappa shape index (κ1) is 7.04. The molecule has 2 heterocycles. The lowest BCUT2D eigenvalue weighted by Gasteiger charge is -2.35. The molecule has 0 saturated carbocycles. The maximum Gasteiger partial charge on any atom is 0.139 e. The Balaban J connectivity index is 2.35. The van der Waals surface area contributed by atoms with E-state index < -0.39 is 0 Å². The van der Waals surface area contributed by atoms with Crippen molar-refractivity contribution in [3.63, 3.8) is 0 Å². The maximum atomic E-state index is 11.2. The van der Waals surface area contributed by atoms with Crippen LogP contribution >= 0.6 is 0 Å². The lowest BCUT2D eigenvalue weighted by atomic mass is 9.93. The highest BCUT2D eigenvalue weighted by molar-refractivity contribution is 5.82. The smallest absolute Gasteiger partial charge is 0.139 e. The fourth-order valence-corrected chi connectivity index (χ4v) is 1.99. The van der Waals surface area contributed by atoms with Crippen molar-refractivity contribution in [3.8, 4) is 0 Å². The third-order valence-corrected chi connectivity index (χ3v) is 2.35. The quantitative estimate of drug-likeness (QED) is 0.491. The van der Waals surface area contributed by atoms with Crippen LogP contribution in [0.1, 0.15) is 26.7 Å². The van der Waals surface area contributed by atoms with Gasteiger partial charge in [0.05, 0.1) is 11.2 Å². The maximum absolute atomic E-state index is 11.2. The third kappa shape index (κ3) is 1.02.